The Labute approximate surface area is 113 Å². The number of hydrogen-bond donors (Lipinski definition) is 0. The van der Waals surface area contributed by atoms with Gasteiger partial charge in [-0.15, -0.1) is 6.58 Å². The van der Waals surface area contributed by atoms with E-state index in [1.807, 2.05) is 6.08 Å². The Hall–Kier alpha value is -0.340. The van der Waals surface area contributed by atoms with Crippen molar-refractivity contribution in [3.8, 4) is 0 Å². The number of hydrogen-bond acceptors (Lipinski definition) is 2. The molecule has 0 spiro atoms. The second-order valence-electron chi connectivity index (χ2n) is 5.60. The van der Waals surface area contributed by atoms with Crippen molar-refractivity contribution in [1.82, 2.24) is 4.90 Å². The summed E-state index contributed by atoms with van der Waals surface area (Å²) in [6, 6.07) is 0. The van der Waals surface area contributed by atoms with Crippen LogP contribution in [0.4, 0.5) is 0 Å². The molecule has 2 nitrogen and oxygen atoms in total. The van der Waals surface area contributed by atoms with Crippen LogP contribution in [0.3, 0.4) is 0 Å². The zero-order chi connectivity index (χ0) is 13.1. The second kappa shape index (κ2) is 10.6. The first kappa shape index (κ1) is 15.7. The summed E-state index contributed by atoms with van der Waals surface area (Å²) < 4.78 is 5.93. The number of ether oxygens (including phenoxy) is 1. The SMILES string of the molecule is C=CCN(C)CCCCCCOC1CCCCC1. The van der Waals surface area contributed by atoms with Crippen LogP contribution < -0.4 is 0 Å². The summed E-state index contributed by atoms with van der Waals surface area (Å²) in [7, 11) is 2.16. The topological polar surface area (TPSA) is 12.5 Å². The zero-order valence-corrected chi connectivity index (χ0v) is 12.2. The van der Waals surface area contributed by atoms with E-state index in [2.05, 4.69) is 18.5 Å². The lowest BCUT2D eigenvalue weighted by molar-refractivity contribution is 0.0262. The quantitative estimate of drug-likeness (QED) is 0.431. The van der Waals surface area contributed by atoms with Crippen LogP contribution in [0.15, 0.2) is 12.7 Å². The summed E-state index contributed by atoms with van der Waals surface area (Å²) in [6.45, 7) is 6.93. The van der Waals surface area contributed by atoms with Gasteiger partial charge in [-0.2, -0.15) is 0 Å². The average molecular weight is 253 g/mol. The van der Waals surface area contributed by atoms with E-state index < -0.39 is 0 Å². The Balaban J connectivity index is 1.82. The van der Waals surface area contributed by atoms with Crippen molar-refractivity contribution in [2.75, 3.05) is 26.7 Å². The van der Waals surface area contributed by atoms with Crippen LogP contribution in [0.1, 0.15) is 57.8 Å². The lowest BCUT2D eigenvalue weighted by atomic mass is 9.98. The van der Waals surface area contributed by atoms with E-state index in [1.54, 1.807) is 0 Å². The zero-order valence-electron chi connectivity index (χ0n) is 12.2. The number of likely N-dealkylation sites (N-methyl/N-ethyl adjacent to an activating group) is 1. The molecule has 0 atom stereocenters. The standard InChI is InChI=1S/C16H31NO/c1-3-13-17(2)14-9-4-5-10-15-18-16-11-7-6-8-12-16/h3,16H,1,4-15H2,2H3. The lowest BCUT2D eigenvalue weighted by Gasteiger charge is -2.21. The highest BCUT2D eigenvalue weighted by atomic mass is 16.5. The highest BCUT2D eigenvalue weighted by Crippen LogP contribution is 2.20. The molecule has 1 rings (SSSR count). The third-order valence-electron chi connectivity index (χ3n) is 3.78. The van der Waals surface area contributed by atoms with E-state index in [9.17, 15) is 0 Å². The molecule has 106 valence electrons. The molecule has 0 amide bonds. The van der Waals surface area contributed by atoms with E-state index in [4.69, 9.17) is 4.74 Å². The van der Waals surface area contributed by atoms with E-state index in [0.29, 0.717) is 6.10 Å². The number of unbranched alkanes of at least 4 members (excludes halogenated alkanes) is 3. The van der Waals surface area contributed by atoms with Gasteiger partial charge in [-0.25, -0.2) is 0 Å². The Morgan fingerprint density at radius 1 is 1.11 bits per heavy atom. The van der Waals surface area contributed by atoms with E-state index >= 15 is 0 Å². The maximum Gasteiger partial charge on any atom is 0.0575 e. The first-order valence-electron chi connectivity index (χ1n) is 7.74. The van der Waals surface area contributed by atoms with Crippen molar-refractivity contribution in [2.24, 2.45) is 0 Å². The minimum atomic E-state index is 0.581. The van der Waals surface area contributed by atoms with Gasteiger partial charge in [-0.05, 0) is 39.3 Å². The first-order chi connectivity index (χ1) is 8.83. The van der Waals surface area contributed by atoms with E-state index in [1.165, 1.54) is 64.3 Å². The molecular formula is C16H31NO. The molecule has 0 saturated heterocycles. The normalized spacial score (nSPS) is 17.2. The van der Waals surface area contributed by atoms with E-state index in [0.717, 1.165) is 13.2 Å². The van der Waals surface area contributed by atoms with Gasteiger partial charge in [0, 0.05) is 13.2 Å². The fourth-order valence-electron chi connectivity index (χ4n) is 2.63. The van der Waals surface area contributed by atoms with Crippen LogP contribution in [0, 0.1) is 0 Å². The van der Waals surface area contributed by atoms with Crippen molar-refractivity contribution in [1.29, 1.82) is 0 Å². The number of nitrogens with zero attached hydrogens (tertiary/aromatic N) is 1. The Bertz CT molecular complexity index is 199. The molecule has 0 aromatic heterocycles. The van der Waals surface area contributed by atoms with Gasteiger partial charge < -0.3 is 9.64 Å². The summed E-state index contributed by atoms with van der Waals surface area (Å²) in [5.41, 5.74) is 0. The predicted molar refractivity (Wildman–Crippen MR) is 79.0 cm³/mol. The predicted octanol–water partition coefficient (Wildman–Crippen LogP) is 4.01. The van der Waals surface area contributed by atoms with E-state index in [-0.39, 0.29) is 0 Å². The fourth-order valence-corrected chi connectivity index (χ4v) is 2.63. The smallest absolute Gasteiger partial charge is 0.0575 e. The molecule has 0 aliphatic heterocycles. The first-order valence-corrected chi connectivity index (χ1v) is 7.74. The van der Waals surface area contributed by atoms with Gasteiger partial charge in [0.05, 0.1) is 6.10 Å². The van der Waals surface area contributed by atoms with Crippen molar-refractivity contribution >= 4 is 0 Å². The molecular weight excluding hydrogens is 222 g/mol. The molecule has 0 aromatic carbocycles. The Morgan fingerprint density at radius 3 is 2.56 bits per heavy atom. The van der Waals surface area contributed by atoms with Crippen LogP contribution in [0.5, 0.6) is 0 Å². The van der Waals surface area contributed by atoms with Gasteiger partial charge in [0.1, 0.15) is 0 Å². The van der Waals surface area contributed by atoms with Crippen LogP contribution in [0.25, 0.3) is 0 Å². The monoisotopic (exact) mass is 253 g/mol. The van der Waals surface area contributed by atoms with Gasteiger partial charge in [0.15, 0.2) is 0 Å². The second-order valence-corrected chi connectivity index (χ2v) is 5.60. The molecule has 0 aromatic rings. The minimum Gasteiger partial charge on any atom is -0.378 e. The molecule has 2 heteroatoms. The lowest BCUT2D eigenvalue weighted by Crippen LogP contribution is -2.19. The summed E-state index contributed by atoms with van der Waals surface area (Å²) in [5, 5.41) is 0. The molecule has 0 N–H and O–H groups in total. The van der Waals surface area contributed by atoms with Gasteiger partial charge in [0.2, 0.25) is 0 Å². The Morgan fingerprint density at radius 2 is 1.83 bits per heavy atom. The maximum atomic E-state index is 5.93. The number of rotatable bonds is 10. The molecule has 0 heterocycles. The van der Waals surface area contributed by atoms with Gasteiger partial charge in [-0.1, -0.05) is 38.2 Å². The maximum absolute atomic E-state index is 5.93. The van der Waals surface area contributed by atoms with Gasteiger partial charge >= 0.3 is 0 Å². The van der Waals surface area contributed by atoms with Gasteiger partial charge in [0.25, 0.3) is 0 Å². The highest BCUT2D eigenvalue weighted by Gasteiger charge is 2.12. The van der Waals surface area contributed by atoms with Crippen LogP contribution in [0.2, 0.25) is 0 Å². The molecule has 1 saturated carbocycles. The van der Waals surface area contributed by atoms with Crippen molar-refractivity contribution < 1.29 is 4.74 Å². The molecule has 18 heavy (non-hydrogen) atoms. The molecule has 0 radical (unpaired) electrons. The third-order valence-corrected chi connectivity index (χ3v) is 3.78. The summed E-state index contributed by atoms with van der Waals surface area (Å²) in [5.74, 6) is 0. The molecule has 1 aliphatic rings. The summed E-state index contributed by atoms with van der Waals surface area (Å²) in [6.07, 6.45) is 14.5. The van der Waals surface area contributed by atoms with Crippen molar-refractivity contribution in [3.63, 3.8) is 0 Å². The summed E-state index contributed by atoms with van der Waals surface area (Å²) >= 11 is 0. The minimum absolute atomic E-state index is 0.581. The van der Waals surface area contributed by atoms with Crippen LogP contribution >= 0.6 is 0 Å². The van der Waals surface area contributed by atoms with Gasteiger partial charge in [-0.3, -0.25) is 0 Å². The third kappa shape index (κ3) is 7.88. The molecule has 0 unspecified atom stereocenters. The Kier molecular flexibility index (Phi) is 9.23. The summed E-state index contributed by atoms with van der Waals surface area (Å²) in [4.78, 5) is 2.32. The van der Waals surface area contributed by atoms with Crippen LogP contribution in [-0.2, 0) is 4.74 Å². The highest BCUT2D eigenvalue weighted by molar-refractivity contribution is 4.70. The average Bonchev–Trinajstić information content (AvgIpc) is 2.39. The van der Waals surface area contributed by atoms with Crippen molar-refractivity contribution in [3.05, 3.63) is 12.7 Å². The molecule has 1 aliphatic carbocycles. The molecule has 1 fully saturated rings. The van der Waals surface area contributed by atoms with Crippen LogP contribution in [-0.4, -0.2) is 37.7 Å². The molecule has 0 bridgehead atoms. The fraction of sp³-hybridized carbons (Fsp3) is 0.875. The largest absolute Gasteiger partial charge is 0.378 e. The van der Waals surface area contributed by atoms with Crippen molar-refractivity contribution in [2.45, 2.75) is 63.9 Å².